The minimum absolute atomic E-state index is 0.00324. The first-order chi connectivity index (χ1) is 17.8. The number of carbonyl (C=O) groups excluding carboxylic acids is 1. The van der Waals surface area contributed by atoms with Gasteiger partial charge in [0.25, 0.3) is 0 Å². The number of aliphatic hydroxyl groups excluding tert-OH is 1. The van der Waals surface area contributed by atoms with Crippen molar-refractivity contribution in [2.75, 3.05) is 51.3 Å². The molecule has 1 amide bonds. The number of piperidine rings is 1. The van der Waals surface area contributed by atoms with Crippen LogP contribution in [0.3, 0.4) is 0 Å². The van der Waals surface area contributed by atoms with E-state index in [2.05, 4.69) is 52.5 Å². The zero-order valence-electron chi connectivity index (χ0n) is 21.7. The Labute approximate surface area is 242 Å². The number of carbonyl (C=O) groups is 1. The number of fused-ring (bicyclic) bond motifs is 2. The Morgan fingerprint density at radius 1 is 1.24 bits per heavy atom. The fraction of sp³-hybridized carbons (Fsp3) is 0.692. The van der Waals surface area contributed by atoms with Gasteiger partial charge in [-0.1, -0.05) is 41.3 Å². The minimum Gasteiger partial charge on any atom is -0.399 e. The second kappa shape index (κ2) is 15.2. The van der Waals surface area contributed by atoms with E-state index in [-0.39, 0.29) is 29.8 Å². The van der Waals surface area contributed by atoms with Gasteiger partial charge in [-0.05, 0) is 55.8 Å². The third kappa shape index (κ3) is 7.93. The molecule has 3 unspecified atom stereocenters. The van der Waals surface area contributed by atoms with Gasteiger partial charge in [-0.3, -0.25) is 14.6 Å². The van der Waals surface area contributed by atoms with Crippen molar-refractivity contribution >= 4 is 60.1 Å². The number of halogens is 2. The molecule has 2 N–H and O–H groups in total. The monoisotopic (exact) mass is 590 g/mol. The van der Waals surface area contributed by atoms with E-state index in [0.29, 0.717) is 34.6 Å². The molecule has 0 aromatic heterocycles. The second-order valence-corrected chi connectivity index (χ2v) is 11.5. The first-order valence-corrected chi connectivity index (χ1v) is 15.1. The maximum atomic E-state index is 12.2. The predicted octanol–water partition coefficient (Wildman–Crippen LogP) is 3.98. The summed E-state index contributed by atoms with van der Waals surface area (Å²) in [5.74, 6) is 1.47. The van der Waals surface area contributed by atoms with Crippen LogP contribution in [0.25, 0.3) is 0 Å². The normalized spacial score (nSPS) is 26.1. The highest BCUT2D eigenvalue weighted by Gasteiger charge is 2.53. The average Bonchev–Trinajstić information content (AvgIpc) is 3.08. The van der Waals surface area contributed by atoms with Crippen molar-refractivity contribution < 1.29 is 14.7 Å². The van der Waals surface area contributed by atoms with E-state index in [1.807, 2.05) is 18.2 Å². The van der Waals surface area contributed by atoms with E-state index < -0.39 is 6.10 Å². The van der Waals surface area contributed by atoms with Gasteiger partial charge in [0.15, 0.2) is 0 Å². The van der Waals surface area contributed by atoms with Gasteiger partial charge in [-0.15, -0.1) is 0 Å². The molecule has 2 bridgehead atoms. The van der Waals surface area contributed by atoms with E-state index in [1.165, 1.54) is 0 Å². The number of thiol groups is 2. The highest BCUT2D eigenvalue weighted by Crippen LogP contribution is 2.48. The smallest absolute Gasteiger partial charge is 0.234 e. The topological polar surface area (TPSA) is 77.4 Å². The highest BCUT2D eigenvalue weighted by molar-refractivity contribution is 7.80. The van der Waals surface area contributed by atoms with Crippen LogP contribution in [0.15, 0.2) is 23.4 Å². The molecule has 5 atom stereocenters. The third-order valence-electron chi connectivity index (χ3n) is 7.52. The van der Waals surface area contributed by atoms with E-state index in [0.717, 1.165) is 56.6 Å². The van der Waals surface area contributed by atoms with Crippen LogP contribution >= 0.6 is 48.5 Å². The van der Waals surface area contributed by atoms with Crippen LogP contribution in [0, 0.1) is 5.92 Å². The molecule has 2 aliphatic heterocycles. The lowest BCUT2D eigenvalue weighted by molar-refractivity contribution is -0.122. The second-order valence-electron chi connectivity index (χ2n) is 9.77. The van der Waals surface area contributed by atoms with Gasteiger partial charge in [0.1, 0.15) is 7.11 Å². The predicted molar refractivity (Wildman–Crippen MR) is 159 cm³/mol. The Balaban J connectivity index is 1.77. The molecular weight excluding hydrogens is 551 g/mol. The summed E-state index contributed by atoms with van der Waals surface area (Å²) in [6, 6.07) is 6.04. The zero-order chi connectivity index (χ0) is 26.9. The van der Waals surface area contributed by atoms with E-state index in [4.69, 9.17) is 28.0 Å². The number of hydrogen-bond donors (Lipinski definition) is 4. The van der Waals surface area contributed by atoms with E-state index in [1.54, 1.807) is 7.11 Å². The molecule has 11 heteroatoms. The standard InChI is InChI=1S/C26H40Cl2N4O3S2/c1-3-22(30-35-2)25-19(17-5-6-20(27)21(28)13-17)14-18-15-23(33)26(25)32(18)9-4-8-31(10-12-37)16-24(34)29-7-11-36/h5-6,13,18-19,23,25-26,33,36-37H,3-4,7-12,14-16H2,1-2H3,(H,29,34)/b30-22+/t18?,19-,23?,25+,26?/m0/s1. The van der Waals surface area contributed by atoms with Crippen molar-refractivity contribution in [3.63, 3.8) is 0 Å². The van der Waals surface area contributed by atoms with Crippen LogP contribution in [-0.4, -0.2) is 96.1 Å². The molecule has 0 radical (unpaired) electrons. The molecular formula is C26H40Cl2N4O3S2. The van der Waals surface area contributed by atoms with Crippen LogP contribution < -0.4 is 5.32 Å². The van der Waals surface area contributed by atoms with E-state index >= 15 is 0 Å². The molecule has 2 saturated heterocycles. The Hall–Kier alpha value is -0.680. The Morgan fingerprint density at radius 3 is 2.68 bits per heavy atom. The summed E-state index contributed by atoms with van der Waals surface area (Å²) < 4.78 is 0. The van der Waals surface area contributed by atoms with Crippen molar-refractivity contribution in [2.24, 2.45) is 11.1 Å². The third-order valence-corrected chi connectivity index (χ3v) is 8.69. The molecule has 7 nitrogen and oxygen atoms in total. The van der Waals surface area contributed by atoms with E-state index in [9.17, 15) is 9.90 Å². The fourth-order valence-electron chi connectivity index (χ4n) is 6.04. The van der Waals surface area contributed by atoms with Gasteiger partial charge in [-0.25, -0.2) is 0 Å². The SMILES string of the molecule is CC/C(=N\OC)[C@@H]1C2C(O)CC(C[C@H]1c1ccc(Cl)c(Cl)c1)N2CCCN(CCS)CC(=O)NCCS. The first kappa shape index (κ1) is 30.9. The van der Waals surface area contributed by atoms with Gasteiger partial charge in [-0.2, -0.15) is 25.3 Å². The summed E-state index contributed by atoms with van der Waals surface area (Å²) in [6.45, 7) is 5.37. The molecule has 1 aromatic rings. The number of oxime groups is 1. The van der Waals surface area contributed by atoms with Crippen molar-refractivity contribution in [3.8, 4) is 0 Å². The number of hydrogen-bond acceptors (Lipinski definition) is 8. The molecule has 3 rings (SSSR count). The summed E-state index contributed by atoms with van der Waals surface area (Å²) in [7, 11) is 1.57. The minimum atomic E-state index is -0.447. The molecule has 2 fully saturated rings. The van der Waals surface area contributed by atoms with Crippen molar-refractivity contribution in [1.82, 2.24) is 15.1 Å². The summed E-state index contributed by atoms with van der Waals surface area (Å²) in [6.07, 6.45) is 2.80. The summed E-state index contributed by atoms with van der Waals surface area (Å²) in [5.41, 5.74) is 2.07. The lowest BCUT2D eigenvalue weighted by Crippen LogP contribution is -2.53. The quantitative estimate of drug-likeness (QED) is 0.150. The van der Waals surface area contributed by atoms with Gasteiger partial charge >= 0.3 is 0 Å². The molecule has 0 spiro atoms. The van der Waals surface area contributed by atoms with Gasteiger partial charge in [0.05, 0.1) is 28.4 Å². The maximum Gasteiger partial charge on any atom is 0.234 e. The molecule has 2 aliphatic rings. The molecule has 37 heavy (non-hydrogen) atoms. The molecule has 2 heterocycles. The summed E-state index contributed by atoms with van der Waals surface area (Å²) >= 11 is 21.1. The van der Waals surface area contributed by atoms with Crippen LogP contribution in [0.4, 0.5) is 0 Å². The molecule has 0 aliphatic carbocycles. The molecule has 1 aromatic carbocycles. The fourth-order valence-corrected chi connectivity index (χ4v) is 6.74. The number of benzene rings is 1. The van der Waals surface area contributed by atoms with Crippen molar-refractivity contribution in [3.05, 3.63) is 33.8 Å². The van der Waals surface area contributed by atoms with Crippen LogP contribution in [0.1, 0.15) is 44.1 Å². The maximum absolute atomic E-state index is 12.2. The Morgan fingerprint density at radius 2 is 2.03 bits per heavy atom. The van der Waals surface area contributed by atoms with Crippen LogP contribution in [-0.2, 0) is 9.63 Å². The molecule has 0 saturated carbocycles. The van der Waals surface area contributed by atoms with Crippen molar-refractivity contribution in [1.29, 1.82) is 0 Å². The van der Waals surface area contributed by atoms with Gasteiger partial charge < -0.3 is 15.3 Å². The zero-order valence-corrected chi connectivity index (χ0v) is 25.0. The number of nitrogens with zero attached hydrogens (tertiary/aromatic N) is 3. The largest absolute Gasteiger partial charge is 0.399 e. The average molecular weight is 592 g/mol. The Bertz CT molecular complexity index is 926. The summed E-state index contributed by atoms with van der Waals surface area (Å²) in [5, 5.41) is 19.6. The Kier molecular flexibility index (Phi) is 12.7. The number of amides is 1. The van der Waals surface area contributed by atoms with Crippen LogP contribution in [0.2, 0.25) is 10.0 Å². The molecule has 208 valence electrons. The van der Waals surface area contributed by atoms with Crippen molar-refractivity contribution in [2.45, 2.75) is 56.7 Å². The summed E-state index contributed by atoms with van der Waals surface area (Å²) in [4.78, 5) is 22.1. The number of nitrogens with one attached hydrogen (secondary N) is 1. The number of aliphatic hydroxyl groups is 1. The highest BCUT2D eigenvalue weighted by atomic mass is 35.5. The van der Waals surface area contributed by atoms with Gasteiger partial charge in [0, 0.05) is 49.1 Å². The lowest BCUT2D eigenvalue weighted by atomic mass is 9.72. The first-order valence-electron chi connectivity index (χ1n) is 13.0. The number of rotatable bonds is 14. The van der Waals surface area contributed by atoms with Crippen LogP contribution in [0.5, 0.6) is 0 Å². The van der Waals surface area contributed by atoms with Gasteiger partial charge in [0.2, 0.25) is 5.91 Å². The lowest BCUT2D eigenvalue weighted by Gasteiger charge is -2.45.